The zero-order valence-corrected chi connectivity index (χ0v) is 34.9. The number of nitrogens with zero attached hydrogens (tertiary/aromatic N) is 3. The fourth-order valence-electron chi connectivity index (χ4n) is 13.4. The number of methoxy groups -OCH3 is 2. The molecule has 1 amide bonds. The van der Waals surface area contributed by atoms with E-state index in [2.05, 4.69) is 50.5 Å². The van der Waals surface area contributed by atoms with Crippen LogP contribution in [0.1, 0.15) is 81.7 Å². The highest BCUT2D eigenvalue weighted by atomic mass is 16.5. The Labute approximate surface area is 341 Å². The molecule has 12 heteroatoms. The molecule has 10 atom stereocenters. The lowest BCUT2D eigenvalue weighted by molar-refractivity contribution is -0.203. The molecule has 12 nitrogen and oxygen atoms in total. The highest BCUT2D eigenvalue weighted by Crippen LogP contribution is 2.67. The van der Waals surface area contributed by atoms with Gasteiger partial charge in [0.05, 0.1) is 25.9 Å². The quantitative estimate of drug-likeness (QED) is 0.169. The lowest BCUT2D eigenvalue weighted by Crippen LogP contribution is -2.81. The first-order valence-electron chi connectivity index (χ1n) is 21.5. The number of likely N-dealkylation sites (N-methyl/N-ethyl adjacent to an activating group) is 1. The van der Waals surface area contributed by atoms with Crippen LogP contribution in [0, 0.1) is 11.3 Å². The summed E-state index contributed by atoms with van der Waals surface area (Å²) in [4.78, 5) is 40.4. The van der Waals surface area contributed by atoms with Crippen molar-refractivity contribution in [2.45, 2.75) is 106 Å². The molecule has 6 aliphatic rings. The molecule has 3 aromatic rings. The Morgan fingerprint density at radius 2 is 1.81 bits per heavy atom. The number of benzene rings is 2. The molecule has 3 fully saturated rings. The van der Waals surface area contributed by atoms with E-state index in [1.807, 2.05) is 50.9 Å². The number of nitrogens with one attached hydrogen (secondary N) is 2. The Morgan fingerprint density at radius 1 is 1.02 bits per heavy atom. The summed E-state index contributed by atoms with van der Waals surface area (Å²) < 4.78 is 12.3. The predicted octanol–water partition coefficient (Wildman–Crippen LogP) is 3.77. The summed E-state index contributed by atoms with van der Waals surface area (Å²) in [6.07, 6.45) is 6.74. The normalized spacial score (nSPS) is 37.5. The number of amides is 1. The number of ether oxygens (including phenoxy) is 2. The third-order valence-corrected chi connectivity index (χ3v) is 15.7. The maximum atomic E-state index is 15.3. The third-order valence-electron chi connectivity index (χ3n) is 15.7. The van der Waals surface area contributed by atoms with Gasteiger partial charge in [-0.3, -0.25) is 19.4 Å². The van der Waals surface area contributed by atoms with Gasteiger partial charge in [-0.05, 0) is 80.7 Å². The van der Waals surface area contributed by atoms with E-state index in [1.54, 1.807) is 7.11 Å². The fourth-order valence-corrected chi connectivity index (χ4v) is 13.4. The number of aromatic nitrogens is 1. The van der Waals surface area contributed by atoms with Crippen molar-refractivity contribution in [2.75, 3.05) is 65.4 Å². The highest BCUT2D eigenvalue weighted by Gasteiger charge is 2.78. The van der Waals surface area contributed by atoms with Crippen LogP contribution >= 0.6 is 0 Å². The van der Waals surface area contributed by atoms with Crippen molar-refractivity contribution in [1.29, 1.82) is 0 Å². The minimum atomic E-state index is -2.18. The highest BCUT2D eigenvalue weighted by molar-refractivity contribution is 5.95. The number of hydrogen-bond donors (Lipinski definition) is 5. The monoisotopic (exact) mass is 795 g/mol. The second kappa shape index (κ2) is 13.8. The van der Waals surface area contributed by atoms with Gasteiger partial charge >= 0.3 is 5.97 Å². The smallest absolute Gasteiger partial charge is 0.322 e. The molecule has 0 radical (unpaired) electrons. The second-order valence-corrected chi connectivity index (χ2v) is 18.4. The van der Waals surface area contributed by atoms with Crippen LogP contribution in [0.4, 0.5) is 5.69 Å². The predicted molar refractivity (Wildman–Crippen MR) is 222 cm³/mol. The van der Waals surface area contributed by atoms with E-state index in [-0.39, 0.29) is 12.0 Å². The molecule has 9 rings (SSSR count). The van der Waals surface area contributed by atoms with Crippen molar-refractivity contribution in [3.63, 3.8) is 0 Å². The Morgan fingerprint density at radius 3 is 2.53 bits per heavy atom. The third kappa shape index (κ3) is 5.04. The van der Waals surface area contributed by atoms with Gasteiger partial charge in [-0.25, -0.2) is 0 Å². The molecular weight excluding hydrogens is 735 g/mol. The van der Waals surface area contributed by atoms with Crippen LogP contribution < -0.4 is 15.0 Å². The summed E-state index contributed by atoms with van der Waals surface area (Å²) >= 11 is 0. The first-order valence-corrected chi connectivity index (χ1v) is 21.5. The topological polar surface area (TPSA) is 151 Å². The number of para-hydroxylation sites is 1. The Kier molecular flexibility index (Phi) is 9.41. The number of piperidine rings is 1. The Hall–Kier alpha value is -3.94. The zero-order chi connectivity index (χ0) is 41.0. The maximum absolute atomic E-state index is 15.3. The Bertz CT molecular complexity index is 2170. The number of carbonyl (C=O) groups excluding carboxylic acids is 2. The lowest BCUT2D eigenvalue weighted by atomic mass is 9.47. The van der Waals surface area contributed by atoms with Crippen LogP contribution in [0.2, 0.25) is 0 Å². The zero-order valence-electron chi connectivity index (χ0n) is 34.9. The number of aliphatic hydroxyl groups excluding tert-OH is 1. The van der Waals surface area contributed by atoms with Crippen molar-refractivity contribution in [2.24, 2.45) is 11.3 Å². The first-order chi connectivity index (χ1) is 27.8. The number of rotatable bonds is 8. The number of hydrogen-bond acceptors (Lipinski definition) is 10. The summed E-state index contributed by atoms with van der Waals surface area (Å²) in [6, 6.07) is 11.3. The largest absolute Gasteiger partial charge is 0.496 e. The van der Waals surface area contributed by atoms with Gasteiger partial charge in [-0.15, -0.1) is 0 Å². The van der Waals surface area contributed by atoms with Crippen molar-refractivity contribution < 1.29 is 34.4 Å². The van der Waals surface area contributed by atoms with E-state index in [4.69, 9.17) is 9.47 Å². The molecule has 1 aliphatic carbocycles. The molecule has 1 spiro atoms. The molecule has 312 valence electrons. The van der Waals surface area contributed by atoms with E-state index < -0.39 is 51.5 Å². The van der Waals surface area contributed by atoms with E-state index in [0.29, 0.717) is 82.4 Å². The molecule has 6 heterocycles. The molecule has 2 saturated heterocycles. The SMILES string of the molecule is CCCNC(=O)[C@]1(O)[C@@H]2N(C)c3cc(OC)c([C@@]4(C(=O)OC)CC5CN(CCc6c4[nH]c4ccccc64)C[C@](O)(CC)C5)cc3C23CCN2CC=C[C@](CC)([C@H]23)[C@H]1O. The molecule has 5 N–H and O–H groups in total. The molecule has 5 aliphatic heterocycles. The van der Waals surface area contributed by atoms with Crippen LogP contribution in [0.25, 0.3) is 10.9 Å². The van der Waals surface area contributed by atoms with Gasteiger partial charge in [0.1, 0.15) is 17.3 Å². The van der Waals surface area contributed by atoms with Gasteiger partial charge in [-0.1, -0.05) is 51.1 Å². The summed E-state index contributed by atoms with van der Waals surface area (Å²) in [5.41, 5.74) is -1.10. The molecule has 1 saturated carbocycles. The van der Waals surface area contributed by atoms with Crippen LogP contribution in [0.15, 0.2) is 48.6 Å². The molecule has 2 aromatic carbocycles. The van der Waals surface area contributed by atoms with Crippen LogP contribution in [0.3, 0.4) is 0 Å². The molecule has 1 aromatic heterocycles. The number of esters is 1. The second-order valence-electron chi connectivity index (χ2n) is 18.4. The lowest BCUT2D eigenvalue weighted by Gasteiger charge is -2.63. The number of H-pyrrole nitrogens is 1. The van der Waals surface area contributed by atoms with Crippen molar-refractivity contribution >= 4 is 28.5 Å². The fraction of sp³-hybridized carbons (Fsp3) is 0.609. The van der Waals surface area contributed by atoms with E-state index in [1.165, 1.54) is 7.11 Å². The molecule has 2 bridgehead atoms. The minimum Gasteiger partial charge on any atom is -0.496 e. The number of anilines is 1. The summed E-state index contributed by atoms with van der Waals surface area (Å²) in [6.45, 7) is 9.85. The van der Waals surface area contributed by atoms with E-state index >= 15 is 4.79 Å². The van der Waals surface area contributed by atoms with Crippen LogP contribution in [-0.2, 0) is 31.6 Å². The number of carbonyl (C=O) groups is 2. The summed E-state index contributed by atoms with van der Waals surface area (Å²) in [7, 11) is 4.99. The molecule has 58 heavy (non-hydrogen) atoms. The van der Waals surface area contributed by atoms with Crippen molar-refractivity contribution in [1.82, 2.24) is 20.1 Å². The number of fused-ring (bicyclic) bond motifs is 6. The first kappa shape index (κ1) is 39.5. The van der Waals surface area contributed by atoms with E-state index in [0.717, 1.165) is 46.5 Å². The standard InChI is InChI=1S/C46H61N5O7/c1-7-18-47-40(53)46(56)38-44(17-21-51-19-12-16-43(9-3,37(44)51)39(46)52)31-22-32(35(57-5)23-34(31)49(38)4)45(41(54)58-6)25-28-24-42(55,8-2)27-50(26-28)20-15-30-29-13-10-11-14-33(29)48-36(30)45/h10-14,16,22-23,28,37-39,48,52,55-56H,7-9,15,17-21,24-27H2,1-6H3,(H,47,53)/t28?,37-,38+,39+,42-,43+,44?,45-,46-/m0/s1. The van der Waals surface area contributed by atoms with Crippen LogP contribution in [0.5, 0.6) is 5.75 Å². The molecule has 3 unspecified atom stereocenters. The average molecular weight is 796 g/mol. The minimum absolute atomic E-state index is 0.0721. The average Bonchev–Trinajstić information content (AvgIpc) is 3.89. The molecular formula is C46H61N5O7. The van der Waals surface area contributed by atoms with Gasteiger partial charge in [0.25, 0.3) is 5.91 Å². The Balaban J connectivity index is 1.35. The van der Waals surface area contributed by atoms with Crippen molar-refractivity contribution in [3.8, 4) is 5.75 Å². The van der Waals surface area contributed by atoms with Gasteiger partial charge in [0, 0.05) is 90.6 Å². The van der Waals surface area contributed by atoms with Gasteiger partial charge < -0.3 is 40.0 Å². The van der Waals surface area contributed by atoms with Crippen LogP contribution in [-0.4, -0.2) is 132 Å². The van der Waals surface area contributed by atoms with Gasteiger partial charge in [0.15, 0.2) is 5.60 Å². The maximum Gasteiger partial charge on any atom is 0.322 e. The summed E-state index contributed by atoms with van der Waals surface area (Å²) in [5, 5.41) is 41.8. The van der Waals surface area contributed by atoms with Gasteiger partial charge in [0.2, 0.25) is 0 Å². The number of aliphatic hydroxyl groups is 3. The summed E-state index contributed by atoms with van der Waals surface area (Å²) in [5.74, 6) is -0.564. The number of aromatic amines is 1. The van der Waals surface area contributed by atoms with Gasteiger partial charge in [-0.2, -0.15) is 0 Å². The van der Waals surface area contributed by atoms with Crippen molar-refractivity contribution in [3.05, 3.63) is 70.9 Å². The van der Waals surface area contributed by atoms with E-state index in [9.17, 15) is 20.1 Å².